The summed E-state index contributed by atoms with van der Waals surface area (Å²) in [6, 6.07) is 10.7. The summed E-state index contributed by atoms with van der Waals surface area (Å²) in [6.07, 6.45) is 7.33. The van der Waals surface area contributed by atoms with Crippen LogP contribution in [0.4, 0.5) is 0 Å². The Morgan fingerprint density at radius 1 is 1.13 bits per heavy atom. The zero-order chi connectivity index (χ0) is 20.7. The monoisotopic (exact) mass is 403 g/mol. The van der Waals surface area contributed by atoms with Crippen LogP contribution in [0.25, 0.3) is 22.2 Å². The Morgan fingerprint density at radius 3 is 2.80 bits per heavy atom. The Bertz CT molecular complexity index is 1070. The number of hydrogen-bond donors (Lipinski definition) is 0. The molecule has 0 spiro atoms. The molecule has 0 unspecified atom stereocenters. The summed E-state index contributed by atoms with van der Waals surface area (Å²) in [5.41, 5.74) is 3.36. The van der Waals surface area contributed by atoms with E-state index in [9.17, 15) is 4.79 Å². The number of pyridine rings is 1. The van der Waals surface area contributed by atoms with Crippen molar-refractivity contribution in [1.29, 1.82) is 0 Å². The Morgan fingerprint density at radius 2 is 1.97 bits per heavy atom. The number of fused-ring (bicyclic) bond motifs is 2. The van der Waals surface area contributed by atoms with E-state index in [1.807, 2.05) is 47.4 Å². The van der Waals surface area contributed by atoms with Crippen LogP contribution >= 0.6 is 0 Å². The van der Waals surface area contributed by atoms with Gasteiger partial charge in [-0.2, -0.15) is 5.10 Å². The van der Waals surface area contributed by atoms with Gasteiger partial charge in [-0.3, -0.25) is 14.4 Å². The standard InChI is InChI=1S/C24H29N5O/c1-17(2)29-15-18(14-25-29)23-13-21(20-8-3-4-9-22(20)26-23)24(30)28-12-6-11-27-10-5-7-19(27)16-28/h3-4,8-9,13-15,17,19H,5-7,10-12,16H2,1-2H3/t19-/m1/s1. The molecule has 2 fully saturated rings. The van der Waals surface area contributed by atoms with E-state index in [1.54, 1.807) is 0 Å². The van der Waals surface area contributed by atoms with Gasteiger partial charge in [-0.15, -0.1) is 0 Å². The van der Waals surface area contributed by atoms with Gasteiger partial charge in [0.15, 0.2) is 0 Å². The van der Waals surface area contributed by atoms with Gasteiger partial charge in [-0.05, 0) is 51.8 Å². The fourth-order valence-electron chi connectivity index (χ4n) is 4.81. The fourth-order valence-corrected chi connectivity index (χ4v) is 4.81. The first-order valence-corrected chi connectivity index (χ1v) is 11.1. The molecule has 2 aliphatic heterocycles. The third kappa shape index (κ3) is 3.49. The minimum Gasteiger partial charge on any atom is -0.337 e. The Kier molecular flexibility index (Phi) is 5.03. The molecule has 4 heterocycles. The maximum Gasteiger partial charge on any atom is 0.254 e. The van der Waals surface area contributed by atoms with Crippen molar-refractivity contribution in [1.82, 2.24) is 24.6 Å². The molecule has 0 N–H and O–H groups in total. The summed E-state index contributed by atoms with van der Waals surface area (Å²) in [6.45, 7) is 8.13. The first-order chi connectivity index (χ1) is 14.6. The summed E-state index contributed by atoms with van der Waals surface area (Å²) in [5, 5.41) is 5.39. The van der Waals surface area contributed by atoms with Gasteiger partial charge in [0.2, 0.25) is 0 Å². The minimum absolute atomic E-state index is 0.125. The van der Waals surface area contributed by atoms with E-state index < -0.39 is 0 Å². The third-order valence-corrected chi connectivity index (χ3v) is 6.46. The lowest BCUT2D eigenvalue weighted by Crippen LogP contribution is -2.39. The first-order valence-electron chi connectivity index (χ1n) is 11.1. The molecule has 5 rings (SSSR count). The molecule has 6 heteroatoms. The van der Waals surface area contributed by atoms with Gasteiger partial charge in [0.1, 0.15) is 0 Å². The Labute approximate surface area is 177 Å². The van der Waals surface area contributed by atoms with E-state index in [1.165, 1.54) is 19.4 Å². The SMILES string of the molecule is CC(C)n1cc(-c2cc(C(=O)N3CCCN4CCC[C@@H]4C3)c3ccccc3n2)cn1. The predicted molar refractivity (Wildman–Crippen MR) is 118 cm³/mol. The van der Waals surface area contributed by atoms with Crippen LogP contribution in [-0.4, -0.2) is 62.7 Å². The average molecular weight is 404 g/mol. The van der Waals surface area contributed by atoms with Gasteiger partial charge in [0, 0.05) is 48.9 Å². The van der Waals surface area contributed by atoms with Gasteiger partial charge < -0.3 is 4.90 Å². The summed E-state index contributed by atoms with van der Waals surface area (Å²) in [5.74, 6) is 0.125. The highest BCUT2D eigenvalue weighted by atomic mass is 16.2. The van der Waals surface area contributed by atoms with Crippen molar-refractivity contribution in [2.45, 2.75) is 45.2 Å². The molecule has 1 atom stereocenters. The minimum atomic E-state index is 0.125. The van der Waals surface area contributed by atoms with Gasteiger partial charge in [-0.1, -0.05) is 18.2 Å². The van der Waals surface area contributed by atoms with Gasteiger partial charge in [0.05, 0.1) is 23.0 Å². The topological polar surface area (TPSA) is 54.3 Å². The van der Waals surface area contributed by atoms with E-state index in [4.69, 9.17) is 4.98 Å². The van der Waals surface area contributed by atoms with Crippen LogP contribution in [0.2, 0.25) is 0 Å². The molecule has 0 radical (unpaired) electrons. The van der Waals surface area contributed by atoms with Crippen LogP contribution in [0.5, 0.6) is 0 Å². The Balaban J connectivity index is 1.54. The van der Waals surface area contributed by atoms with Gasteiger partial charge in [-0.25, -0.2) is 4.98 Å². The van der Waals surface area contributed by atoms with Crippen LogP contribution in [0.1, 0.15) is 49.5 Å². The maximum absolute atomic E-state index is 13.7. The number of nitrogens with zero attached hydrogens (tertiary/aromatic N) is 5. The fraction of sp³-hybridized carbons (Fsp3) is 0.458. The van der Waals surface area contributed by atoms with Crippen LogP contribution < -0.4 is 0 Å². The van der Waals surface area contributed by atoms with E-state index in [0.717, 1.165) is 53.8 Å². The Hall–Kier alpha value is -2.73. The van der Waals surface area contributed by atoms with E-state index in [0.29, 0.717) is 6.04 Å². The summed E-state index contributed by atoms with van der Waals surface area (Å²) < 4.78 is 1.93. The molecule has 1 aromatic carbocycles. The van der Waals surface area contributed by atoms with E-state index >= 15 is 0 Å². The number of hydrogen-bond acceptors (Lipinski definition) is 4. The molecule has 156 valence electrons. The zero-order valence-electron chi connectivity index (χ0n) is 17.8. The van der Waals surface area contributed by atoms with E-state index in [-0.39, 0.29) is 11.9 Å². The molecule has 0 bridgehead atoms. The summed E-state index contributed by atoms with van der Waals surface area (Å²) in [7, 11) is 0. The van der Waals surface area contributed by atoms with Crippen LogP contribution in [-0.2, 0) is 0 Å². The summed E-state index contributed by atoms with van der Waals surface area (Å²) in [4.78, 5) is 23.2. The second-order valence-corrected chi connectivity index (χ2v) is 8.81. The molecule has 3 aromatic rings. The van der Waals surface area contributed by atoms with Crippen LogP contribution in [0.3, 0.4) is 0 Å². The second kappa shape index (κ2) is 7.84. The van der Waals surface area contributed by atoms with Gasteiger partial charge in [0.25, 0.3) is 5.91 Å². The molecule has 6 nitrogen and oxygen atoms in total. The predicted octanol–water partition coefficient (Wildman–Crippen LogP) is 3.99. The number of carbonyl (C=O) groups is 1. The first kappa shape index (κ1) is 19.2. The molecule has 0 aliphatic carbocycles. The number of carbonyl (C=O) groups excluding carboxylic acids is 1. The van der Waals surface area contributed by atoms with Crippen molar-refractivity contribution in [3.05, 3.63) is 48.3 Å². The smallest absolute Gasteiger partial charge is 0.254 e. The quantitative estimate of drug-likeness (QED) is 0.664. The zero-order valence-corrected chi connectivity index (χ0v) is 17.8. The van der Waals surface area contributed by atoms with Crippen molar-refractivity contribution in [3.8, 4) is 11.3 Å². The highest BCUT2D eigenvalue weighted by Crippen LogP contribution is 2.28. The number of amides is 1. The number of benzene rings is 1. The number of rotatable bonds is 3. The lowest BCUT2D eigenvalue weighted by molar-refractivity contribution is 0.0745. The molecule has 2 aliphatic rings. The lowest BCUT2D eigenvalue weighted by Gasteiger charge is -2.26. The molecule has 1 amide bonds. The molecule has 0 saturated carbocycles. The maximum atomic E-state index is 13.7. The molecule has 30 heavy (non-hydrogen) atoms. The summed E-state index contributed by atoms with van der Waals surface area (Å²) >= 11 is 0. The highest BCUT2D eigenvalue weighted by molar-refractivity contribution is 6.07. The molecule has 2 aromatic heterocycles. The van der Waals surface area contributed by atoms with Crippen molar-refractivity contribution >= 4 is 16.8 Å². The normalized spacial score (nSPS) is 20.0. The largest absolute Gasteiger partial charge is 0.337 e. The lowest BCUT2D eigenvalue weighted by atomic mass is 10.0. The van der Waals surface area contributed by atoms with Crippen molar-refractivity contribution in [3.63, 3.8) is 0 Å². The highest BCUT2D eigenvalue weighted by Gasteiger charge is 2.31. The van der Waals surface area contributed by atoms with Crippen molar-refractivity contribution < 1.29 is 4.79 Å². The van der Waals surface area contributed by atoms with Gasteiger partial charge >= 0.3 is 0 Å². The number of aromatic nitrogens is 3. The second-order valence-electron chi connectivity index (χ2n) is 8.81. The number of para-hydroxylation sites is 1. The van der Waals surface area contributed by atoms with Crippen LogP contribution in [0, 0.1) is 0 Å². The van der Waals surface area contributed by atoms with E-state index in [2.05, 4.69) is 28.7 Å². The third-order valence-electron chi connectivity index (χ3n) is 6.46. The molecular formula is C24H29N5O. The molecule has 2 saturated heterocycles. The van der Waals surface area contributed by atoms with Crippen LogP contribution in [0.15, 0.2) is 42.7 Å². The van der Waals surface area contributed by atoms with Crippen molar-refractivity contribution in [2.75, 3.05) is 26.2 Å². The average Bonchev–Trinajstić information content (AvgIpc) is 3.38. The molecular weight excluding hydrogens is 374 g/mol. The van der Waals surface area contributed by atoms with Crippen molar-refractivity contribution in [2.24, 2.45) is 0 Å².